The fourth-order valence-electron chi connectivity index (χ4n) is 1.47. The van der Waals surface area contributed by atoms with Crippen LogP contribution in [0.25, 0.3) is 23.0 Å². The predicted molar refractivity (Wildman–Crippen MR) is 69.5 cm³/mol. The highest BCUT2D eigenvalue weighted by atomic mass is 35.5. The third-order valence-electron chi connectivity index (χ3n) is 2.34. The van der Waals surface area contributed by atoms with Gasteiger partial charge in [0.15, 0.2) is 0 Å². The number of anilines is 1. The highest BCUT2D eigenvalue weighted by Gasteiger charge is 2.17. The van der Waals surface area contributed by atoms with Gasteiger partial charge in [0, 0.05) is 6.20 Å². The van der Waals surface area contributed by atoms with E-state index < -0.39 is 0 Å². The first-order valence-electron chi connectivity index (χ1n) is 5.09. The van der Waals surface area contributed by atoms with Crippen molar-refractivity contribution in [1.29, 1.82) is 0 Å². The van der Waals surface area contributed by atoms with Crippen LogP contribution in [0.5, 0.6) is 0 Å². The SMILES string of the molecule is Nc1[nH]ncc1-c1nc(-c2ncc(Cl)cc2Cl)no1. The van der Waals surface area contributed by atoms with Crippen LogP contribution in [0.1, 0.15) is 0 Å². The third-order valence-corrected chi connectivity index (χ3v) is 2.84. The molecule has 3 aromatic heterocycles. The van der Waals surface area contributed by atoms with E-state index in [4.69, 9.17) is 33.5 Å². The Balaban J connectivity index is 2.04. The van der Waals surface area contributed by atoms with Crippen molar-refractivity contribution in [2.24, 2.45) is 0 Å². The van der Waals surface area contributed by atoms with E-state index in [0.29, 0.717) is 27.1 Å². The van der Waals surface area contributed by atoms with Crippen molar-refractivity contribution < 1.29 is 4.52 Å². The summed E-state index contributed by atoms with van der Waals surface area (Å²) in [6.45, 7) is 0. The molecule has 19 heavy (non-hydrogen) atoms. The monoisotopic (exact) mass is 296 g/mol. The number of nitrogen functional groups attached to an aromatic ring is 1. The molecule has 96 valence electrons. The minimum Gasteiger partial charge on any atom is -0.383 e. The van der Waals surface area contributed by atoms with Crippen molar-refractivity contribution in [1.82, 2.24) is 25.3 Å². The fraction of sp³-hybridized carbons (Fsp3) is 0. The van der Waals surface area contributed by atoms with E-state index in [9.17, 15) is 0 Å². The molecule has 0 aromatic carbocycles. The number of hydrogen-bond donors (Lipinski definition) is 2. The van der Waals surface area contributed by atoms with Crippen molar-refractivity contribution in [3.05, 3.63) is 28.5 Å². The molecule has 0 saturated carbocycles. The van der Waals surface area contributed by atoms with E-state index in [0.717, 1.165) is 0 Å². The van der Waals surface area contributed by atoms with Crippen LogP contribution in [0, 0.1) is 0 Å². The maximum atomic E-state index is 6.02. The fourth-order valence-corrected chi connectivity index (χ4v) is 1.94. The van der Waals surface area contributed by atoms with Gasteiger partial charge in [-0.05, 0) is 6.07 Å². The third kappa shape index (κ3) is 2.13. The average molecular weight is 297 g/mol. The maximum absolute atomic E-state index is 6.02. The number of halogens is 2. The first-order chi connectivity index (χ1) is 9.15. The van der Waals surface area contributed by atoms with Crippen LogP contribution in [0.15, 0.2) is 23.0 Å². The zero-order valence-electron chi connectivity index (χ0n) is 9.26. The summed E-state index contributed by atoms with van der Waals surface area (Å²) in [6.07, 6.45) is 2.94. The maximum Gasteiger partial charge on any atom is 0.263 e. The smallest absolute Gasteiger partial charge is 0.263 e. The molecule has 0 saturated heterocycles. The molecule has 0 radical (unpaired) electrons. The van der Waals surface area contributed by atoms with E-state index in [1.54, 1.807) is 6.07 Å². The second-order valence-corrected chi connectivity index (χ2v) is 4.45. The van der Waals surface area contributed by atoms with Gasteiger partial charge in [-0.15, -0.1) is 0 Å². The number of nitrogens with zero attached hydrogens (tertiary/aromatic N) is 4. The Morgan fingerprint density at radius 1 is 1.26 bits per heavy atom. The summed E-state index contributed by atoms with van der Waals surface area (Å²) in [6, 6.07) is 1.55. The van der Waals surface area contributed by atoms with Crippen molar-refractivity contribution in [2.75, 3.05) is 5.73 Å². The van der Waals surface area contributed by atoms with Gasteiger partial charge in [0.05, 0.1) is 16.2 Å². The van der Waals surface area contributed by atoms with Gasteiger partial charge < -0.3 is 10.3 Å². The summed E-state index contributed by atoms with van der Waals surface area (Å²) in [7, 11) is 0. The number of hydrogen-bond acceptors (Lipinski definition) is 6. The number of H-pyrrole nitrogens is 1. The molecule has 3 aromatic rings. The van der Waals surface area contributed by atoms with E-state index in [2.05, 4.69) is 25.3 Å². The summed E-state index contributed by atoms with van der Waals surface area (Å²) < 4.78 is 5.10. The lowest BCUT2D eigenvalue weighted by Crippen LogP contribution is -1.89. The molecule has 0 spiro atoms. The lowest BCUT2D eigenvalue weighted by molar-refractivity contribution is 0.432. The largest absolute Gasteiger partial charge is 0.383 e. The Labute approximate surface area is 116 Å². The first kappa shape index (κ1) is 11.9. The van der Waals surface area contributed by atoms with Gasteiger partial charge in [0.25, 0.3) is 5.89 Å². The minimum absolute atomic E-state index is 0.231. The van der Waals surface area contributed by atoms with Crippen molar-refractivity contribution >= 4 is 29.0 Å². The highest BCUT2D eigenvalue weighted by Crippen LogP contribution is 2.28. The van der Waals surface area contributed by atoms with Crippen LogP contribution in [0.4, 0.5) is 5.82 Å². The first-order valence-corrected chi connectivity index (χ1v) is 5.85. The number of aromatic amines is 1. The Bertz CT molecular complexity index is 737. The number of rotatable bonds is 2. The topological polar surface area (TPSA) is 107 Å². The Morgan fingerprint density at radius 2 is 2.11 bits per heavy atom. The molecule has 0 bridgehead atoms. The highest BCUT2D eigenvalue weighted by molar-refractivity contribution is 6.35. The summed E-state index contributed by atoms with van der Waals surface area (Å²) >= 11 is 11.8. The average Bonchev–Trinajstić information content (AvgIpc) is 2.97. The molecule has 0 aliphatic carbocycles. The Hall–Kier alpha value is -2.12. The van der Waals surface area contributed by atoms with Gasteiger partial charge in [-0.3, -0.25) is 5.10 Å². The zero-order valence-corrected chi connectivity index (χ0v) is 10.8. The van der Waals surface area contributed by atoms with Crippen LogP contribution < -0.4 is 5.73 Å². The second kappa shape index (κ2) is 4.52. The van der Waals surface area contributed by atoms with Crippen molar-refractivity contribution in [3.63, 3.8) is 0 Å². The Kier molecular flexibility index (Phi) is 2.84. The van der Waals surface area contributed by atoms with Crippen molar-refractivity contribution in [3.8, 4) is 23.0 Å². The van der Waals surface area contributed by atoms with Gasteiger partial charge in [0.2, 0.25) is 5.82 Å². The summed E-state index contributed by atoms with van der Waals surface area (Å²) in [5, 5.41) is 10.9. The molecular formula is C10H6Cl2N6O. The quantitative estimate of drug-likeness (QED) is 0.752. The minimum atomic E-state index is 0.231. The molecular weight excluding hydrogens is 291 g/mol. The molecule has 7 nitrogen and oxygen atoms in total. The number of nitrogens with one attached hydrogen (secondary N) is 1. The van der Waals surface area contributed by atoms with Crippen LogP contribution in [0.2, 0.25) is 10.0 Å². The molecule has 0 atom stereocenters. The molecule has 0 amide bonds. The van der Waals surface area contributed by atoms with Crippen LogP contribution >= 0.6 is 23.2 Å². The summed E-state index contributed by atoms with van der Waals surface area (Å²) in [4.78, 5) is 8.23. The van der Waals surface area contributed by atoms with E-state index in [-0.39, 0.29) is 11.7 Å². The molecule has 0 aliphatic rings. The van der Waals surface area contributed by atoms with Crippen molar-refractivity contribution in [2.45, 2.75) is 0 Å². The number of aromatic nitrogens is 5. The van der Waals surface area contributed by atoms with Gasteiger partial charge in [-0.25, -0.2) is 4.98 Å². The molecule has 3 heterocycles. The lowest BCUT2D eigenvalue weighted by Gasteiger charge is -1.97. The molecule has 0 fully saturated rings. The number of pyridine rings is 1. The normalized spacial score (nSPS) is 10.8. The molecule has 0 aliphatic heterocycles. The van der Waals surface area contributed by atoms with Gasteiger partial charge in [-0.2, -0.15) is 10.1 Å². The second-order valence-electron chi connectivity index (χ2n) is 3.60. The molecule has 0 unspecified atom stereocenters. The molecule has 9 heteroatoms. The lowest BCUT2D eigenvalue weighted by atomic mass is 10.3. The summed E-state index contributed by atoms with van der Waals surface area (Å²) in [5.74, 6) is 0.816. The van der Waals surface area contributed by atoms with Gasteiger partial charge >= 0.3 is 0 Å². The van der Waals surface area contributed by atoms with E-state index in [1.807, 2.05) is 0 Å². The van der Waals surface area contributed by atoms with Crippen LogP contribution in [0.3, 0.4) is 0 Å². The summed E-state index contributed by atoms with van der Waals surface area (Å²) in [5.41, 5.74) is 6.56. The number of nitrogens with two attached hydrogens (primary N) is 1. The van der Waals surface area contributed by atoms with Gasteiger partial charge in [-0.1, -0.05) is 28.4 Å². The van der Waals surface area contributed by atoms with E-state index >= 15 is 0 Å². The van der Waals surface area contributed by atoms with Crippen LogP contribution in [-0.4, -0.2) is 25.3 Å². The molecule has 3 N–H and O–H groups in total. The zero-order chi connectivity index (χ0) is 13.4. The molecule has 3 rings (SSSR count). The van der Waals surface area contributed by atoms with Gasteiger partial charge in [0.1, 0.15) is 17.1 Å². The standard InChI is InChI=1S/C10H6Cl2N6O/c11-4-1-6(12)7(14-2-4)9-16-10(19-18-9)5-3-15-17-8(5)13/h1-3H,(H3,13,15,17). The predicted octanol–water partition coefficient (Wildman–Crippen LogP) is 2.41. The Morgan fingerprint density at radius 3 is 2.79 bits per heavy atom. The van der Waals surface area contributed by atoms with E-state index in [1.165, 1.54) is 12.4 Å². The van der Waals surface area contributed by atoms with Crippen LogP contribution in [-0.2, 0) is 0 Å².